The van der Waals surface area contributed by atoms with Gasteiger partial charge in [-0.1, -0.05) is 25.1 Å². The largest absolute Gasteiger partial charge is 0.450 e. The SMILES string of the molecule is CCc1ccc(Oc2ccc(CO)cc2[N+](=O)[O-])cc1. The Morgan fingerprint density at radius 1 is 1.15 bits per heavy atom. The number of aliphatic hydroxyl groups is 1. The Balaban J connectivity index is 2.29. The van der Waals surface area contributed by atoms with Crippen LogP contribution in [0.2, 0.25) is 0 Å². The molecule has 0 amide bonds. The first-order valence-corrected chi connectivity index (χ1v) is 6.29. The Kier molecular flexibility index (Phi) is 4.32. The van der Waals surface area contributed by atoms with Crippen molar-refractivity contribution in [3.8, 4) is 11.5 Å². The standard InChI is InChI=1S/C15H15NO4/c1-2-11-3-6-13(7-4-11)20-15-8-5-12(10-17)9-14(15)16(18)19/h3-9,17H,2,10H2,1H3. The van der Waals surface area contributed by atoms with Crippen molar-refractivity contribution < 1.29 is 14.8 Å². The molecule has 2 aromatic carbocycles. The highest BCUT2D eigenvalue weighted by Crippen LogP contribution is 2.32. The van der Waals surface area contributed by atoms with Gasteiger partial charge in [0.1, 0.15) is 5.75 Å². The lowest BCUT2D eigenvalue weighted by Crippen LogP contribution is -1.95. The van der Waals surface area contributed by atoms with Gasteiger partial charge in [-0.3, -0.25) is 10.1 Å². The fourth-order valence-electron chi connectivity index (χ4n) is 1.81. The summed E-state index contributed by atoms with van der Waals surface area (Å²) in [6.07, 6.45) is 0.922. The van der Waals surface area contributed by atoms with E-state index in [1.807, 2.05) is 19.1 Å². The molecule has 20 heavy (non-hydrogen) atoms. The summed E-state index contributed by atoms with van der Waals surface area (Å²) >= 11 is 0. The van der Waals surface area contributed by atoms with E-state index < -0.39 is 4.92 Å². The fraction of sp³-hybridized carbons (Fsp3) is 0.200. The first-order valence-electron chi connectivity index (χ1n) is 6.29. The molecule has 2 aromatic rings. The lowest BCUT2D eigenvalue weighted by molar-refractivity contribution is -0.385. The normalized spacial score (nSPS) is 10.3. The molecule has 5 heteroatoms. The van der Waals surface area contributed by atoms with Gasteiger partial charge in [0.25, 0.3) is 0 Å². The molecule has 5 nitrogen and oxygen atoms in total. The van der Waals surface area contributed by atoms with Crippen LogP contribution in [0.25, 0.3) is 0 Å². The number of rotatable bonds is 5. The predicted octanol–water partition coefficient (Wildman–Crippen LogP) is 3.44. The average molecular weight is 273 g/mol. The van der Waals surface area contributed by atoms with E-state index in [0.717, 1.165) is 6.42 Å². The van der Waals surface area contributed by atoms with Crippen molar-refractivity contribution in [1.82, 2.24) is 0 Å². The maximum atomic E-state index is 11.0. The van der Waals surface area contributed by atoms with Gasteiger partial charge < -0.3 is 9.84 Å². The van der Waals surface area contributed by atoms with E-state index in [1.165, 1.54) is 17.7 Å². The lowest BCUT2D eigenvalue weighted by Gasteiger charge is -2.08. The van der Waals surface area contributed by atoms with Gasteiger partial charge >= 0.3 is 5.69 Å². The van der Waals surface area contributed by atoms with Crippen LogP contribution in [0.4, 0.5) is 5.69 Å². The molecule has 0 fully saturated rings. The van der Waals surface area contributed by atoms with Gasteiger partial charge in [-0.25, -0.2) is 0 Å². The van der Waals surface area contributed by atoms with Gasteiger partial charge in [0.2, 0.25) is 5.75 Å². The average Bonchev–Trinajstić information content (AvgIpc) is 2.48. The molecule has 0 aliphatic rings. The van der Waals surface area contributed by atoms with E-state index in [2.05, 4.69) is 0 Å². The van der Waals surface area contributed by atoms with Crippen molar-refractivity contribution in [2.45, 2.75) is 20.0 Å². The number of benzene rings is 2. The van der Waals surface area contributed by atoms with Gasteiger partial charge in [-0.15, -0.1) is 0 Å². The quantitative estimate of drug-likeness (QED) is 0.669. The van der Waals surface area contributed by atoms with Gasteiger partial charge in [-0.05, 0) is 35.7 Å². The van der Waals surface area contributed by atoms with E-state index in [0.29, 0.717) is 11.3 Å². The number of nitro groups is 1. The third kappa shape index (κ3) is 3.13. The van der Waals surface area contributed by atoms with Crippen LogP contribution >= 0.6 is 0 Å². The Bertz CT molecular complexity index is 608. The minimum Gasteiger partial charge on any atom is -0.450 e. The Hall–Kier alpha value is -2.40. The zero-order valence-corrected chi connectivity index (χ0v) is 11.1. The second kappa shape index (κ2) is 6.16. The van der Waals surface area contributed by atoms with E-state index in [9.17, 15) is 10.1 Å². The number of nitrogens with zero attached hydrogens (tertiary/aromatic N) is 1. The van der Waals surface area contributed by atoms with Crippen molar-refractivity contribution in [3.63, 3.8) is 0 Å². The Morgan fingerprint density at radius 3 is 2.35 bits per heavy atom. The first-order chi connectivity index (χ1) is 9.63. The first kappa shape index (κ1) is 14.0. The molecule has 0 saturated carbocycles. The number of nitro benzene ring substituents is 1. The van der Waals surface area contributed by atoms with Crippen LogP contribution in [0.15, 0.2) is 42.5 Å². The number of aryl methyl sites for hydroxylation is 1. The summed E-state index contributed by atoms with van der Waals surface area (Å²) < 4.78 is 5.55. The van der Waals surface area contributed by atoms with Crippen molar-refractivity contribution in [2.24, 2.45) is 0 Å². The lowest BCUT2D eigenvalue weighted by atomic mass is 10.1. The summed E-state index contributed by atoms with van der Waals surface area (Å²) in [6, 6.07) is 11.8. The zero-order chi connectivity index (χ0) is 14.5. The van der Waals surface area contributed by atoms with Crippen LogP contribution in [0, 0.1) is 10.1 Å². The highest BCUT2D eigenvalue weighted by Gasteiger charge is 2.16. The third-order valence-electron chi connectivity index (χ3n) is 2.96. The number of hydrogen-bond donors (Lipinski definition) is 1. The molecule has 0 spiro atoms. The summed E-state index contributed by atoms with van der Waals surface area (Å²) in [5.74, 6) is 0.707. The second-order valence-corrected chi connectivity index (χ2v) is 4.32. The van der Waals surface area contributed by atoms with Crippen LogP contribution < -0.4 is 4.74 Å². The maximum Gasteiger partial charge on any atom is 0.311 e. The van der Waals surface area contributed by atoms with Crippen molar-refractivity contribution in [3.05, 3.63) is 63.7 Å². The Morgan fingerprint density at radius 2 is 1.80 bits per heavy atom. The monoisotopic (exact) mass is 273 g/mol. The van der Waals surface area contributed by atoms with Crippen LogP contribution in [0.5, 0.6) is 11.5 Å². The summed E-state index contributed by atoms with van der Waals surface area (Å²) in [7, 11) is 0. The van der Waals surface area contributed by atoms with E-state index in [4.69, 9.17) is 9.84 Å². The van der Waals surface area contributed by atoms with Crippen LogP contribution in [0.3, 0.4) is 0 Å². The van der Waals surface area contributed by atoms with Gasteiger partial charge in [0.05, 0.1) is 11.5 Å². The smallest absolute Gasteiger partial charge is 0.311 e. The topological polar surface area (TPSA) is 72.6 Å². The van der Waals surface area contributed by atoms with E-state index in [1.54, 1.807) is 18.2 Å². The summed E-state index contributed by atoms with van der Waals surface area (Å²) in [6.45, 7) is 1.81. The van der Waals surface area contributed by atoms with Crippen molar-refractivity contribution >= 4 is 5.69 Å². The molecule has 0 aliphatic carbocycles. The zero-order valence-electron chi connectivity index (χ0n) is 11.1. The number of hydrogen-bond acceptors (Lipinski definition) is 4. The van der Waals surface area contributed by atoms with Gasteiger partial charge in [0, 0.05) is 6.07 Å². The molecule has 0 atom stereocenters. The molecule has 1 N–H and O–H groups in total. The molecule has 0 bridgehead atoms. The number of ether oxygens (including phenoxy) is 1. The predicted molar refractivity (Wildman–Crippen MR) is 74.9 cm³/mol. The summed E-state index contributed by atoms with van der Waals surface area (Å²) in [5, 5.41) is 20.0. The molecule has 0 unspecified atom stereocenters. The van der Waals surface area contributed by atoms with E-state index in [-0.39, 0.29) is 18.0 Å². The summed E-state index contributed by atoms with van der Waals surface area (Å²) in [5.41, 5.74) is 1.49. The molecule has 0 heterocycles. The molecule has 0 radical (unpaired) electrons. The molecule has 0 saturated heterocycles. The molecular weight excluding hydrogens is 258 g/mol. The van der Waals surface area contributed by atoms with Crippen molar-refractivity contribution in [1.29, 1.82) is 0 Å². The van der Waals surface area contributed by atoms with Crippen LogP contribution in [0.1, 0.15) is 18.1 Å². The van der Waals surface area contributed by atoms with E-state index >= 15 is 0 Å². The highest BCUT2D eigenvalue weighted by atomic mass is 16.6. The Labute approximate surface area is 116 Å². The number of aliphatic hydroxyl groups excluding tert-OH is 1. The minimum absolute atomic E-state index is 0.156. The second-order valence-electron chi connectivity index (χ2n) is 4.32. The van der Waals surface area contributed by atoms with Gasteiger partial charge in [-0.2, -0.15) is 0 Å². The van der Waals surface area contributed by atoms with Crippen LogP contribution in [-0.4, -0.2) is 10.0 Å². The molecule has 2 rings (SSSR count). The molecular formula is C15H15NO4. The molecule has 104 valence electrons. The van der Waals surface area contributed by atoms with Crippen molar-refractivity contribution in [2.75, 3.05) is 0 Å². The van der Waals surface area contributed by atoms with Gasteiger partial charge in [0.15, 0.2) is 0 Å². The summed E-state index contributed by atoms with van der Waals surface area (Å²) in [4.78, 5) is 10.5. The molecule has 0 aromatic heterocycles. The minimum atomic E-state index is -0.519. The maximum absolute atomic E-state index is 11.0. The molecule has 0 aliphatic heterocycles. The third-order valence-corrected chi connectivity index (χ3v) is 2.96. The fourth-order valence-corrected chi connectivity index (χ4v) is 1.81. The highest BCUT2D eigenvalue weighted by molar-refractivity contribution is 5.50. The van der Waals surface area contributed by atoms with Crippen LogP contribution in [-0.2, 0) is 13.0 Å².